The second kappa shape index (κ2) is 8.00. The number of aromatic nitrogens is 5. The molecule has 32 heavy (non-hydrogen) atoms. The molecule has 4 aromatic heterocycles. The first-order valence-electron chi connectivity index (χ1n) is 9.98. The normalized spacial score (nSPS) is 13.8. The summed E-state index contributed by atoms with van der Waals surface area (Å²) in [5.41, 5.74) is 0.175. The summed E-state index contributed by atoms with van der Waals surface area (Å²) in [6.07, 6.45) is 4.42. The van der Waals surface area contributed by atoms with E-state index in [4.69, 9.17) is 4.98 Å². The van der Waals surface area contributed by atoms with E-state index < -0.39 is 11.4 Å². The summed E-state index contributed by atoms with van der Waals surface area (Å²) in [5, 5.41) is 13.6. The van der Waals surface area contributed by atoms with Crippen LogP contribution in [0.2, 0.25) is 0 Å². The lowest BCUT2D eigenvalue weighted by Crippen LogP contribution is -2.50. The molecule has 2 N–H and O–H groups in total. The molecule has 11 heteroatoms. The number of hydrogen-bond donors (Lipinski definition) is 2. The summed E-state index contributed by atoms with van der Waals surface area (Å²) in [7, 11) is 0. The summed E-state index contributed by atoms with van der Waals surface area (Å²) < 4.78 is 5.53. The van der Waals surface area contributed by atoms with Crippen molar-refractivity contribution in [3.05, 3.63) is 64.3 Å². The molecule has 5 heterocycles. The predicted octanol–water partition coefficient (Wildman–Crippen LogP) is 2.19. The highest BCUT2D eigenvalue weighted by atomic mass is 32.1. The minimum absolute atomic E-state index is 0.276. The van der Waals surface area contributed by atoms with Crippen molar-refractivity contribution in [3.63, 3.8) is 0 Å². The smallest absolute Gasteiger partial charge is 0.341 e. The van der Waals surface area contributed by atoms with E-state index in [9.17, 15) is 14.7 Å². The fourth-order valence-electron chi connectivity index (χ4n) is 3.81. The van der Waals surface area contributed by atoms with Crippen LogP contribution in [0, 0.1) is 12.8 Å². The van der Waals surface area contributed by atoms with Crippen LogP contribution in [-0.4, -0.2) is 54.6 Å². The Morgan fingerprint density at radius 1 is 1.31 bits per heavy atom. The molecule has 1 aliphatic rings. The van der Waals surface area contributed by atoms with Gasteiger partial charge in [0, 0.05) is 49.5 Å². The Labute approximate surface area is 186 Å². The van der Waals surface area contributed by atoms with Crippen LogP contribution in [-0.2, 0) is 0 Å². The summed E-state index contributed by atoms with van der Waals surface area (Å²) in [6.45, 7) is 4.23. The van der Waals surface area contributed by atoms with Gasteiger partial charge in [-0.1, -0.05) is 6.07 Å². The molecule has 0 radical (unpaired) electrons. The van der Waals surface area contributed by atoms with E-state index >= 15 is 0 Å². The third-order valence-corrected chi connectivity index (χ3v) is 6.11. The van der Waals surface area contributed by atoms with Gasteiger partial charge in [-0.15, -0.1) is 0 Å². The number of nitrogens with one attached hydrogen (secondary N) is 1. The number of rotatable bonds is 6. The summed E-state index contributed by atoms with van der Waals surface area (Å²) in [6, 6.07) is 7.59. The number of pyridine rings is 3. The van der Waals surface area contributed by atoms with Gasteiger partial charge in [0.2, 0.25) is 10.6 Å². The monoisotopic (exact) mass is 449 g/mol. The molecule has 0 aromatic carbocycles. The molecule has 0 spiro atoms. The van der Waals surface area contributed by atoms with E-state index in [-0.39, 0.29) is 10.9 Å². The zero-order chi connectivity index (χ0) is 22.2. The summed E-state index contributed by atoms with van der Waals surface area (Å²) >= 11 is 1.10. The van der Waals surface area contributed by atoms with Gasteiger partial charge in [0.1, 0.15) is 23.5 Å². The first kappa shape index (κ1) is 20.1. The van der Waals surface area contributed by atoms with Crippen molar-refractivity contribution in [2.45, 2.75) is 6.92 Å². The number of hydrogen-bond acceptors (Lipinski definition) is 9. The number of carboxylic acids is 1. The van der Waals surface area contributed by atoms with Crippen LogP contribution in [0.3, 0.4) is 0 Å². The number of carbonyl (C=O) groups is 1. The minimum Gasteiger partial charge on any atom is -0.477 e. The van der Waals surface area contributed by atoms with E-state index in [2.05, 4.69) is 24.6 Å². The van der Waals surface area contributed by atoms with Crippen LogP contribution in [0.1, 0.15) is 15.9 Å². The van der Waals surface area contributed by atoms with Crippen LogP contribution in [0.25, 0.3) is 16.2 Å². The molecule has 4 aromatic rings. The molecule has 0 bridgehead atoms. The Balaban J connectivity index is 1.46. The number of nitrogens with zero attached hydrogens (tertiary/aromatic N) is 6. The maximum absolute atomic E-state index is 12.9. The highest BCUT2D eigenvalue weighted by molar-refractivity contribution is 7.08. The summed E-state index contributed by atoms with van der Waals surface area (Å²) in [5.74, 6) is 0.741. The zero-order valence-corrected chi connectivity index (χ0v) is 17.9. The van der Waals surface area contributed by atoms with Crippen LogP contribution in [0.4, 0.5) is 11.6 Å². The Bertz CT molecular complexity index is 1350. The molecule has 0 atom stereocenters. The first-order chi connectivity index (χ1) is 15.5. The third-order valence-electron chi connectivity index (χ3n) is 5.45. The number of anilines is 2. The summed E-state index contributed by atoms with van der Waals surface area (Å²) in [4.78, 5) is 39.8. The molecular weight excluding hydrogens is 430 g/mol. The van der Waals surface area contributed by atoms with Crippen LogP contribution in [0.15, 0.2) is 47.8 Å². The van der Waals surface area contributed by atoms with Crippen molar-refractivity contribution in [2.75, 3.05) is 29.9 Å². The molecule has 0 aliphatic carbocycles. The van der Waals surface area contributed by atoms with E-state index in [0.29, 0.717) is 22.3 Å². The molecule has 5 rings (SSSR count). The van der Waals surface area contributed by atoms with Crippen molar-refractivity contribution in [2.24, 2.45) is 5.92 Å². The van der Waals surface area contributed by atoms with Gasteiger partial charge >= 0.3 is 5.97 Å². The average molecular weight is 449 g/mol. The number of aromatic carboxylic acids is 1. The van der Waals surface area contributed by atoms with Gasteiger partial charge in [-0.25, -0.2) is 19.7 Å². The fourth-order valence-corrected chi connectivity index (χ4v) is 4.32. The van der Waals surface area contributed by atoms with E-state index in [1.54, 1.807) is 13.1 Å². The van der Waals surface area contributed by atoms with Crippen LogP contribution < -0.4 is 15.6 Å². The van der Waals surface area contributed by atoms with E-state index in [1.807, 2.05) is 24.3 Å². The molecule has 0 saturated carbocycles. The lowest BCUT2D eigenvalue weighted by atomic mass is 9.99. The largest absolute Gasteiger partial charge is 0.477 e. The van der Waals surface area contributed by atoms with Gasteiger partial charge in [-0.3, -0.25) is 9.36 Å². The second-order valence-electron chi connectivity index (χ2n) is 7.63. The topological polar surface area (TPSA) is 126 Å². The van der Waals surface area contributed by atoms with Crippen molar-refractivity contribution in [1.29, 1.82) is 0 Å². The first-order valence-corrected chi connectivity index (χ1v) is 10.8. The van der Waals surface area contributed by atoms with Crippen LogP contribution in [0.5, 0.6) is 0 Å². The molecule has 0 amide bonds. The van der Waals surface area contributed by atoms with Crippen molar-refractivity contribution < 1.29 is 9.90 Å². The van der Waals surface area contributed by atoms with Gasteiger partial charge in [-0.2, -0.15) is 4.37 Å². The number of aryl methyl sites for hydroxylation is 1. The zero-order valence-electron chi connectivity index (χ0n) is 17.1. The van der Waals surface area contributed by atoms with Crippen molar-refractivity contribution in [3.8, 4) is 5.13 Å². The maximum Gasteiger partial charge on any atom is 0.341 e. The van der Waals surface area contributed by atoms with Gasteiger partial charge in [0.25, 0.3) is 0 Å². The molecule has 0 unspecified atom stereocenters. The SMILES string of the molecule is Cc1cc(N2CC(CNc3ccccn3)C2)nc2c1c(=O)c(C(=O)O)cn2-c1ncns1. The van der Waals surface area contributed by atoms with E-state index in [0.717, 1.165) is 42.8 Å². The lowest BCUT2D eigenvalue weighted by molar-refractivity contribution is 0.0695. The van der Waals surface area contributed by atoms with Gasteiger partial charge in [-0.05, 0) is 30.7 Å². The third kappa shape index (κ3) is 3.56. The average Bonchev–Trinajstić information content (AvgIpc) is 3.27. The molecular formula is C21H19N7O3S. The predicted molar refractivity (Wildman–Crippen MR) is 121 cm³/mol. The van der Waals surface area contributed by atoms with Gasteiger partial charge < -0.3 is 15.3 Å². The number of carboxylic acid groups (broad SMARTS) is 1. The Morgan fingerprint density at radius 3 is 2.84 bits per heavy atom. The van der Waals surface area contributed by atoms with E-state index in [1.165, 1.54) is 17.1 Å². The molecule has 162 valence electrons. The van der Waals surface area contributed by atoms with Crippen molar-refractivity contribution in [1.82, 2.24) is 23.9 Å². The Kier molecular flexibility index (Phi) is 5.02. The van der Waals surface area contributed by atoms with Gasteiger partial charge in [0.05, 0.1) is 5.39 Å². The maximum atomic E-state index is 12.9. The highest BCUT2D eigenvalue weighted by Crippen LogP contribution is 2.28. The molecule has 1 aliphatic heterocycles. The lowest BCUT2D eigenvalue weighted by Gasteiger charge is -2.40. The number of fused-ring (bicyclic) bond motifs is 1. The Hall–Kier alpha value is -3.86. The quantitative estimate of drug-likeness (QED) is 0.455. The van der Waals surface area contributed by atoms with Crippen molar-refractivity contribution >= 4 is 40.2 Å². The second-order valence-corrected chi connectivity index (χ2v) is 8.39. The standard InChI is InChI=1S/C21H19N7O3S/c1-12-6-16(27-8-13(9-27)7-23-15-4-2-3-5-22-15)26-19-17(12)18(29)14(20(30)31)10-28(19)21-24-11-25-32-21/h2-6,10-11,13H,7-9H2,1H3,(H,22,23)(H,30,31). The molecule has 1 fully saturated rings. The highest BCUT2D eigenvalue weighted by Gasteiger charge is 2.29. The minimum atomic E-state index is -1.29. The fraction of sp³-hybridized carbons (Fsp3) is 0.238. The van der Waals surface area contributed by atoms with Gasteiger partial charge in [0.15, 0.2) is 5.65 Å². The Morgan fingerprint density at radius 2 is 2.16 bits per heavy atom. The van der Waals surface area contributed by atoms with Crippen LogP contribution >= 0.6 is 11.5 Å². The molecule has 1 saturated heterocycles. The molecule has 10 nitrogen and oxygen atoms in total.